The van der Waals surface area contributed by atoms with Crippen molar-refractivity contribution in [2.75, 3.05) is 6.61 Å². The van der Waals surface area contributed by atoms with Crippen molar-refractivity contribution in [1.29, 1.82) is 0 Å². The lowest BCUT2D eigenvalue weighted by atomic mass is 9.97. The van der Waals surface area contributed by atoms with Crippen molar-refractivity contribution in [2.24, 2.45) is 10.8 Å². The Morgan fingerprint density at radius 2 is 1.72 bits per heavy atom. The summed E-state index contributed by atoms with van der Waals surface area (Å²) in [6, 6.07) is 0. The van der Waals surface area contributed by atoms with Crippen molar-refractivity contribution in [3.63, 3.8) is 0 Å². The molecule has 9 heteroatoms. The molecule has 0 amide bonds. The fraction of sp³-hybridized carbons (Fsp3) is 0.700. The Hall–Kier alpha value is -2.42. The summed E-state index contributed by atoms with van der Waals surface area (Å²) < 4.78 is 18.1. The van der Waals surface area contributed by atoms with Gasteiger partial charge in [-0.05, 0) is 48.5 Å². The van der Waals surface area contributed by atoms with E-state index in [1.54, 1.807) is 48.5 Å². The molecule has 1 aromatic rings. The first-order chi connectivity index (χ1) is 13.2. The molecule has 0 spiro atoms. The number of carbonyl (C=O) groups excluding carboxylic acids is 2. The molecule has 0 saturated carbocycles. The predicted molar refractivity (Wildman–Crippen MR) is 104 cm³/mol. The SMILES string of the molecule is Cc1cn([C@@H]2C[C@H](OC(=O)C(C)(C)C)[C@@H](COC(=O)C(C)(C)C)O2)c(=O)[nH]c1=O. The maximum atomic E-state index is 12.4. The number of ether oxygens (including phenoxy) is 3. The van der Waals surface area contributed by atoms with Crippen molar-refractivity contribution < 1.29 is 23.8 Å². The predicted octanol–water partition coefficient (Wildman–Crippen LogP) is 1.68. The fourth-order valence-electron chi connectivity index (χ4n) is 2.63. The van der Waals surface area contributed by atoms with Crippen LogP contribution in [-0.2, 0) is 23.8 Å². The van der Waals surface area contributed by atoms with E-state index < -0.39 is 52.5 Å². The van der Waals surface area contributed by atoms with Gasteiger partial charge in [-0.2, -0.15) is 0 Å². The van der Waals surface area contributed by atoms with E-state index in [2.05, 4.69) is 4.98 Å². The molecule has 1 N–H and O–H groups in total. The summed E-state index contributed by atoms with van der Waals surface area (Å²) in [7, 11) is 0. The molecule has 0 unspecified atom stereocenters. The van der Waals surface area contributed by atoms with E-state index in [-0.39, 0.29) is 13.0 Å². The van der Waals surface area contributed by atoms with Crippen LogP contribution in [0.3, 0.4) is 0 Å². The largest absolute Gasteiger partial charge is 0.462 e. The van der Waals surface area contributed by atoms with Crippen LogP contribution in [0.4, 0.5) is 0 Å². The Labute approximate surface area is 169 Å². The van der Waals surface area contributed by atoms with Crippen LogP contribution in [0, 0.1) is 17.8 Å². The van der Waals surface area contributed by atoms with E-state index in [0.29, 0.717) is 5.56 Å². The maximum absolute atomic E-state index is 12.4. The van der Waals surface area contributed by atoms with Gasteiger partial charge in [-0.1, -0.05) is 0 Å². The van der Waals surface area contributed by atoms with Crippen LogP contribution in [0.15, 0.2) is 15.8 Å². The minimum Gasteiger partial charge on any atom is -0.462 e. The van der Waals surface area contributed by atoms with Crippen molar-refractivity contribution in [1.82, 2.24) is 9.55 Å². The number of hydrogen-bond acceptors (Lipinski definition) is 7. The third-order valence-corrected chi connectivity index (χ3v) is 4.50. The number of aromatic amines is 1. The van der Waals surface area contributed by atoms with Gasteiger partial charge in [0, 0.05) is 18.2 Å². The average molecular weight is 410 g/mol. The molecule has 1 aliphatic heterocycles. The van der Waals surface area contributed by atoms with Crippen LogP contribution < -0.4 is 11.2 Å². The smallest absolute Gasteiger partial charge is 0.330 e. The van der Waals surface area contributed by atoms with E-state index in [9.17, 15) is 19.2 Å². The lowest BCUT2D eigenvalue weighted by molar-refractivity contribution is -0.167. The quantitative estimate of drug-likeness (QED) is 0.751. The second-order valence-electron chi connectivity index (χ2n) is 9.39. The van der Waals surface area contributed by atoms with Gasteiger partial charge in [0.2, 0.25) is 0 Å². The molecule has 9 nitrogen and oxygen atoms in total. The van der Waals surface area contributed by atoms with E-state index in [0.717, 1.165) is 0 Å². The fourth-order valence-corrected chi connectivity index (χ4v) is 2.63. The van der Waals surface area contributed by atoms with Crippen molar-refractivity contribution in [3.8, 4) is 0 Å². The van der Waals surface area contributed by atoms with Gasteiger partial charge in [-0.25, -0.2) is 4.79 Å². The number of esters is 2. The van der Waals surface area contributed by atoms with E-state index >= 15 is 0 Å². The number of aromatic nitrogens is 2. The Morgan fingerprint density at radius 1 is 1.14 bits per heavy atom. The summed E-state index contributed by atoms with van der Waals surface area (Å²) in [5, 5.41) is 0. The molecule has 29 heavy (non-hydrogen) atoms. The molecule has 2 heterocycles. The second-order valence-corrected chi connectivity index (χ2v) is 9.39. The molecule has 0 aromatic carbocycles. The van der Waals surface area contributed by atoms with Crippen LogP contribution in [-0.4, -0.2) is 40.3 Å². The molecule has 1 saturated heterocycles. The molecule has 3 atom stereocenters. The Morgan fingerprint density at radius 3 is 2.28 bits per heavy atom. The number of hydrogen-bond donors (Lipinski definition) is 1. The highest BCUT2D eigenvalue weighted by atomic mass is 16.6. The first kappa shape index (κ1) is 22.9. The Bertz CT molecular complexity index is 886. The summed E-state index contributed by atoms with van der Waals surface area (Å²) in [6.45, 7) is 11.8. The average Bonchev–Trinajstić information content (AvgIpc) is 2.96. The van der Waals surface area contributed by atoms with E-state index in [4.69, 9.17) is 14.2 Å². The van der Waals surface area contributed by atoms with Gasteiger partial charge in [0.05, 0.1) is 10.8 Å². The monoisotopic (exact) mass is 410 g/mol. The number of rotatable bonds is 4. The summed E-state index contributed by atoms with van der Waals surface area (Å²) >= 11 is 0. The topological polar surface area (TPSA) is 117 Å². The second kappa shape index (κ2) is 8.14. The lowest BCUT2D eigenvalue weighted by Crippen LogP contribution is -2.36. The third kappa shape index (κ3) is 5.56. The number of nitrogens with one attached hydrogen (secondary N) is 1. The first-order valence-electron chi connectivity index (χ1n) is 9.56. The van der Waals surface area contributed by atoms with Crippen LogP contribution in [0.5, 0.6) is 0 Å². The first-order valence-corrected chi connectivity index (χ1v) is 9.56. The zero-order valence-electron chi connectivity index (χ0n) is 18.0. The normalized spacial score (nSPS) is 22.4. The number of aryl methyl sites for hydroxylation is 1. The van der Waals surface area contributed by atoms with Crippen molar-refractivity contribution in [3.05, 3.63) is 32.6 Å². The van der Waals surface area contributed by atoms with Crippen LogP contribution >= 0.6 is 0 Å². The standard InChI is InChI=1S/C20H30N2O7/c1-11-9-22(18(26)21-15(11)23)14-8-12(29-17(25)20(5,6)7)13(28-14)10-27-16(24)19(2,3)4/h9,12-14H,8,10H2,1-7H3,(H,21,23,26)/t12-,13+,14-/m0/s1. The van der Waals surface area contributed by atoms with Gasteiger partial charge >= 0.3 is 17.6 Å². The molecular formula is C20H30N2O7. The zero-order chi connectivity index (χ0) is 22.1. The minimum absolute atomic E-state index is 0.119. The van der Waals surface area contributed by atoms with E-state index in [1.165, 1.54) is 10.8 Å². The highest BCUT2D eigenvalue weighted by Gasteiger charge is 2.42. The molecule has 1 aromatic heterocycles. The van der Waals surface area contributed by atoms with Gasteiger partial charge in [0.15, 0.2) is 0 Å². The molecule has 1 fully saturated rings. The van der Waals surface area contributed by atoms with Crippen molar-refractivity contribution in [2.45, 2.75) is 73.3 Å². The molecule has 0 aliphatic carbocycles. The highest BCUT2D eigenvalue weighted by molar-refractivity contribution is 5.76. The molecule has 162 valence electrons. The summed E-state index contributed by atoms with van der Waals surface area (Å²) in [5.41, 5.74) is -2.17. The summed E-state index contributed by atoms with van der Waals surface area (Å²) in [5.74, 6) is -0.841. The van der Waals surface area contributed by atoms with Crippen molar-refractivity contribution >= 4 is 11.9 Å². The Balaban J connectivity index is 2.25. The van der Waals surface area contributed by atoms with Gasteiger partial charge in [0.1, 0.15) is 25.0 Å². The number of H-pyrrole nitrogens is 1. The summed E-state index contributed by atoms with van der Waals surface area (Å²) in [4.78, 5) is 50.5. The molecule has 2 rings (SSSR count). The van der Waals surface area contributed by atoms with Gasteiger partial charge in [0.25, 0.3) is 5.56 Å². The number of nitrogens with zero attached hydrogens (tertiary/aromatic N) is 1. The maximum Gasteiger partial charge on any atom is 0.330 e. The lowest BCUT2D eigenvalue weighted by Gasteiger charge is -2.24. The summed E-state index contributed by atoms with van der Waals surface area (Å²) in [6.07, 6.45) is -0.632. The van der Waals surface area contributed by atoms with Crippen LogP contribution in [0.2, 0.25) is 0 Å². The minimum atomic E-state index is -0.769. The van der Waals surface area contributed by atoms with Gasteiger partial charge in [-0.15, -0.1) is 0 Å². The Kier molecular flexibility index (Phi) is 6.42. The van der Waals surface area contributed by atoms with Crippen LogP contribution in [0.25, 0.3) is 0 Å². The van der Waals surface area contributed by atoms with Gasteiger partial charge < -0.3 is 14.2 Å². The third-order valence-electron chi connectivity index (χ3n) is 4.50. The van der Waals surface area contributed by atoms with Gasteiger partial charge in [-0.3, -0.25) is 23.9 Å². The van der Waals surface area contributed by atoms with E-state index in [1.807, 2.05) is 0 Å². The van der Waals surface area contributed by atoms with Crippen LogP contribution in [0.1, 0.15) is 59.8 Å². The molecular weight excluding hydrogens is 380 g/mol. The highest BCUT2D eigenvalue weighted by Crippen LogP contribution is 2.32. The molecule has 0 radical (unpaired) electrons. The molecule has 1 aliphatic rings. The number of carbonyl (C=O) groups is 2. The molecule has 0 bridgehead atoms. The zero-order valence-corrected chi connectivity index (χ0v) is 18.0.